The second-order valence-corrected chi connectivity index (χ2v) is 20.3. The van der Waals surface area contributed by atoms with E-state index < -0.39 is 0 Å². The van der Waals surface area contributed by atoms with Crippen molar-refractivity contribution >= 4 is 32.8 Å². The molecule has 0 amide bonds. The minimum Gasteiger partial charge on any atom is -0.493 e. The Morgan fingerprint density at radius 3 is 1.92 bits per heavy atom. The van der Waals surface area contributed by atoms with Crippen molar-refractivity contribution in [1.29, 1.82) is 0 Å². The van der Waals surface area contributed by atoms with Gasteiger partial charge >= 0.3 is 320 Å². The number of imidazole rings is 1. The summed E-state index contributed by atoms with van der Waals surface area (Å²) >= 11 is 2.50. The molecule has 0 spiro atoms. The number of hydrogen-bond donors (Lipinski definition) is 0. The molecule has 1 aliphatic heterocycles. The van der Waals surface area contributed by atoms with Crippen LogP contribution in [0.4, 0.5) is 0 Å². The van der Waals surface area contributed by atoms with E-state index in [0.717, 1.165) is 90.2 Å². The van der Waals surface area contributed by atoms with Crippen LogP contribution in [0.3, 0.4) is 0 Å². The van der Waals surface area contributed by atoms with Crippen molar-refractivity contribution in [2.75, 3.05) is 6.61 Å². The third-order valence-electron chi connectivity index (χ3n) is 12.8. The number of aromatic nitrogens is 4. The second kappa shape index (κ2) is 16.3. The van der Waals surface area contributed by atoms with Gasteiger partial charge in [-0.2, -0.15) is 0 Å². The van der Waals surface area contributed by atoms with Gasteiger partial charge in [0, 0.05) is 6.20 Å². The average molecular weight is 1040 g/mol. The number of rotatable bonds is 7. The molecule has 4 heterocycles. The molecular formula is C59H50N4O2Pt-2. The van der Waals surface area contributed by atoms with Gasteiger partial charge in [0.05, 0.1) is 6.61 Å². The van der Waals surface area contributed by atoms with Crippen LogP contribution in [-0.4, -0.2) is 25.3 Å². The van der Waals surface area contributed by atoms with Gasteiger partial charge in [-0.3, -0.25) is 0 Å². The summed E-state index contributed by atoms with van der Waals surface area (Å²) in [6, 6.07) is 61.4. The molecule has 7 heteroatoms. The predicted molar refractivity (Wildman–Crippen MR) is 264 cm³/mol. The van der Waals surface area contributed by atoms with Crippen LogP contribution in [0, 0.1) is 15.9 Å². The third-order valence-corrected chi connectivity index (χ3v) is 13.8. The SMILES string of the molecule is CC(C)(C)c1ccnc(-n2c3[c-]c(Oc4[c-]c(-n5[c](=[Pt])n(-c6c(-c7ccccc7)cc(C(C)(C)C)cc6-c6ccccc6)c6ccccc65)ccc4)ccc3c3cc4c(cc32)OCCC4)c1. The van der Waals surface area contributed by atoms with Gasteiger partial charge in [0.1, 0.15) is 5.75 Å². The minimum absolute atomic E-state index is 0.0506. The van der Waals surface area contributed by atoms with E-state index in [9.17, 15) is 0 Å². The van der Waals surface area contributed by atoms with Crippen LogP contribution >= 0.6 is 0 Å². The normalized spacial score (nSPS) is 13.0. The Kier molecular flexibility index (Phi) is 10.3. The first-order valence-corrected chi connectivity index (χ1v) is 23.9. The van der Waals surface area contributed by atoms with Crippen molar-refractivity contribution in [3.05, 3.63) is 190 Å². The predicted octanol–water partition coefficient (Wildman–Crippen LogP) is 14.6. The molecule has 0 N–H and O–H groups in total. The number of ether oxygens (including phenoxy) is 2. The number of hydrogen-bond acceptors (Lipinski definition) is 3. The van der Waals surface area contributed by atoms with Crippen molar-refractivity contribution in [2.24, 2.45) is 0 Å². The zero-order valence-corrected chi connectivity index (χ0v) is 40.3. The number of pyridine rings is 1. The molecule has 0 atom stereocenters. The molecule has 0 bridgehead atoms. The zero-order chi connectivity index (χ0) is 45.3. The van der Waals surface area contributed by atoms with Crippen LogP contribution in [0.25, 0.3) is 72.3 Å². The van der Waals surface area contributed by atoms with Gasteiger partial charge in [0.15, 0.2) is 0 Å². The molecule has 0 saturated heterocycles. The van der Waals surface area contributed by atoms with Gasteiger partial charge in [-0.15, -0.1) is 0 Å². The smallest absolute Gasteiger partial charge is 0.493 e. The van der Waals surface area contributed by atoms with Gasteiger partial charge in [-0.1, -0.05) is 20.8 Å². The average Bonchev–Trinajstić information content (AvgIpc) is 3.80. The van der Waals surface area contributed by atoms with E-state index in [0.29, 0.717) is 11.5 Å². The first-order valence-electron chi connectivity index (χ1n) is 22.7. The number of fused-ring (bicyclic) bond motifs is 5. The molecule has 7 aromatic carbocycles. The molecule has 66 heavy (non-hydrogen) atoms. The first-order chi connectivity index (χ1) is 31.9. The fraction of sp³-hybridized carbons (Fsp3) is 0.186. The van der Waals surface area contributed by atoms with Crippen LogP contribution in [0.1, 0.15) is 64.7 Å². The molecule has 0 radical (unpaired) electrons. The molecule has 11 rings (SSSR count). The van der Waals surface area contributed by atoms with E-state index in [1.807, 2.05) is 24.4 Å². The fourth-order valence-corrected chi connectivity index (χ4v) is 10.4. The maximum atomic E-state index is 6.76. The Labute approximate surface area is 397 Å². The standard InChI is InChI=1S/C59H50N4O2.Pt/c1-58(2,3)42-28-29-60-56(34-42)63-53-36-46(26-27-47(53)50-31-41-21-16-30-64-55(41)37-54(50)63)65-45-23-15-22-44(35-45)61-38-62(52-25-14-13-24-51(52)61)57-48(39-17-9-7-10-18-39)32-43(59(4,5)6)33-49(57)40-19-11-8-12-20-40;/h7-15,17-20,22-29,31-34,37H,16,21,30H2,1-6H3;/q-2;. The third kappa shape index (κ3) is 7.42. The Morgan fingerprint density at radius 2 is 1.24 bits per heavy atom. The first kappa shape index (κ1) is 41.9. The number of benzene rings is 7. The fourth-order valence-electron chi connectivity index (χ4n) is 9.35. The monoisotopic (exact) mass is 1040 g/mol. The summed E-state index contributed by atoms with van der Waals surface area (Å²) in [5, 5.41) is 2.24. The maximum absolute atomic E-state index is 6.76. The van der Waals surface area contributed by atoms with Gasteiger partial charge < -0.3 is 4.74 Å². The van der Waals surface area contributed by atoms with E-state index in [4.69, 9.17) is 14.5 Å². The summed E-state index contributed by atoms with van der Waals surface area (Å²) in [6.07, 6.45) is 3.91. The Balaban J connectivity index is 1.06. The molecule has 10 aromatic rings. The van der Waals surface area contributed by atoms with Crippen LogP contribution in [-0.2, 0) is 36.6 Å². The quantitative estimate of drug-likeness (QED) is 0.149. The van der Waals surface area contributed by atoms with Crippen molar-refractivity contribution in [2.45, 2.75) is 65.2 Å². The van der Waals surface area contributed by atoms with Crippen LogP contribution < -0.4 is 9.47 Å². The van der Waals surface area contributed by atoms with Gasteiger partial charge in [0.2, 0.25) is 0 Å². The van der Waals surface area contributed by atoms with Crippen molar-refractivity contribution in [1.82, 2.24) is 18.7 Å². The molecule has 1 aliphatic rings. The van der Waals surface area contributed by atoms with Gasteiger partial charge in [-0.25, -0.2) is 0 Å². The molecular weight excluding hydrogens is 992 g/mol. The molecule has 330 valence electrons. The van der Waals surface area contributed by atoms with Crippen molar-refractivity contribution in [3.63, 3.8) is 0 Å². The summed E-state index contributed by atoms with van der Waals surface area (Å²) in [5.41, 5.74) is 14.3. The van der Waals surface area contributed by atoms with Gasteiger partial charge in [0.25, 0.3) is 0 Å². The summed E-state index contributed by atoms with van der Waals surface area (Å²) in [4.78, 5) is 4.93. The van der Waals surface area contributed by atoms with E-state index in [2.05, 4.69) is 220 Å². The van der Waals surface area contributed by atoms with E-state index >= 15 is 0 Å². The van der Waals surface area contributed by atoms with Crippen molar-refractivity contribution in [3.8, 4) is 56.7 Å². The summed E-state index contributed by atoms with van der Waals surface area (Å²) in [5.74, 6) is 2.96. The number of nitrogens with zero attached hydrogens (tertiary/aromatic N) is 4. The van der Waals surface area contributed by atoms with Crippen LogP contribution in [0.15, 0.2) is 158 Å². The zero-order valence-electron chi connectivity index (χ0n) is 38.1. The second-order valence-electron chi connectivity index (χ2n) is 19.3. The van der Waals surface area contributed by atoms with E-state index in [1.165, 1.54) is 27.8 Å². The van der Waals surface area contributed by atoms with Crippen molar-refractivity contribution < 1.29 is 28.8 Å². The Bertz CT molecular complexity index is 3490. The molecule has 3 aromatic heterocycles. The summed E-state index contributed by atoms with van der Waals surface area (Å²) in [7, 11) is 0. The number of aryl methyl sites for hydroxylation is 1. The van der Waals surface area contributed by atoms with Crippen LogP contribution in [0.5, 0.6) is 17.2 Å². The Morgan fingerprint density at radius 1 is 0.591 bits per heavy atom. The molecule has 0 saturated carbocycles. The van der Waals surface area contributed by atoms with E-state index in [-0.39, 0.29) is 10.8 Å². The molecule has 6 nitrogen and oxygen atoms in total. The molecule has 0 unspecified atom stereocenters. The molecule has 0 aliphatic carbocycles. The molecule has 0 fully saturated rings. The summed E-state index contributed by atoms with van der Waals surface area (Å²) < 4.78 is 20.9. The minimum atomic E-state index is -0.0753. The van der Waals surface area contributed by atoms with Gasteiger partial charge in [-0.05, 0) is 35.4 Å². The van der Waals surface area contributed by atoms with Crippen LogP contribution in [0.2, 0.25) is 0 Å². The Hall–Kier alpha value is -6.75. The number of para-hydroxylation sites is 2. The topological polar surface area (TPSA) is 46.1 Å². The summed E-state index contributed by atoms with van der Waals surface area (Å²) in [6.45, 7) is 14.3. The van der Waals surface area contributed by atoms with E-state index in [1.54, 1.807) is 0 Å².